The van der Waals surface area contributed by atoms with E-state index in [0.717, 1.165) is 12.8 Å². The van der Waals surface area contributed by atoms with Crippen LogP contribution in [0.2, 0.25) is 0 Å². The summed E-state index contributed by atoms with van der Waals surface area (Å²) in [5.41, 5.74) is 5.75. The molecule has 21 heavy (non-hydrogen) atoms. The van der Waals surface area contributed by atoms with E-state index in [1.807, 2.05) is 0 Å². The van der Waals surface area contributed by atoms with Gasteiger partial charge in [-0.2, -0.15) is 0 Å². The van der Waals surface area contributed by atoms with Crippen LogP contribution < -0.4 is 11.1 Å². The Kier molecular flexibility index (Phi) is 10.6. The van der Waals surface area contributed by atoms with Crippen LogP contribution in [-0.2, 0) is 4.79 Å². The van der Waals surface area contributed by atoms with Crippen molar-refractivity contribution < 1.29 is 4.79 Å². The third-order valence-electron chi connectivity index (χ3n) is 4.82. The van der Waals surface area contributed by atoms with E-state index in [0.29, 0.717) is 24.9 Å². The number of rotatable bonds is 12. The molecule has 1 aliphatic rings. The van der Waals surface area contributed by atoms with Crippen LogP contribution in [0.3, 0.4) is 0 Å². The number of hydrogen-bond acceptors (Lipinski definition) is 2. The molecule has 2 unspecified atom stereocenters. The molecule has 0 saturated heterocycles. The van der Waals surface area contributed by atoms with E-state index >= 15 is 0 Å². The topological polar surface area (TPSA) is 55.1 Å². The molecule has 3 N–H and O–H groups in total. The van der Waals surface area contributed by atoms with Gasteiger partial charge in [0.2, 0.25) is 5.91 Å². The van der Waals surface area contributed by atoms with Crippen LogP contribution in [0.1, 0.15) is 90.4 Å². The molecule has 3 heteroatoms. The van der Waals surface area contributed by atoms with Crippen LogP contribution in [0.25, 0.3) is 0 Å². The average molecular weight is 296 g/mol. The first-order chi connectivity index (χ1) is 10.3. The number of nitrogens with one attached hydrogen (secondary N) is 1. The SMILES string of the molecule is CCCCCCCCCCCC(=O)NC1CCCC1CN. The number of carbonyl (C=O) groups is 1. The Labute approximate surface area is 131 Å². The summed E-state index contributed by atoms with van der Waals surface area (Å²) in [6.45, 7) is 2.97. The first-order valence-corrected chi connectivity index (χ1v) is 9.27. The van der Waals surface area contributed by atoms with Gasteiger partial charge < -0.3 is 11.1 Å². The van der Waals surface area contributed by atoms with Crippen molar-refractivity contribution in [1.82, 2.24) is 5.32 Å². The smallest absolute Gasteiger partial charge is 0.220 e. The molecule has 0 spiro atoms. The van der Waals surface area contributed by atoms with Gasteiger partial charge in [0.1, 0.15) is 0 Å². The minimum atomic E-state index is 0.239. The van der Waals surface area contributed by atoms with E-state index in [2.05, 4.69) is 12.2 Å². The predicted octanol–water partition coefficient (Wildman–Crippen LogP) is 4.15. The van der Waals surface area contributed by atoms with Crippen molar-refractivity contribution in [3.05, 3.63) is 0 Å². The predicted molar refractivity (Wildman–Crippen MR) is 90.2 cm³/mol. The highest BCUT2D eigenvalue weighted by Crippen LogP contribution is 2.24. The third kappa shape index (κ3) is 8.45. The zero-order chi connectivity index (χ0) is 15.3. The first-order valence-electron chi connectivity index (χ1n) is 9.27. The molecule has 1 fully saturated rings. The second kappa shape index (κ2) is 12.0. The molecule has 3 nitrogen and oxygen atoms in total. The normalized spacial score (nSPS) is 21.6. The summed E-state index contributed by atoms with van der Waals surface area (Å²) in [5.74, 6) is 0.750. The Morgan fingerprint density at radius 2 is 1.62 bits per heavy atom. The maximum absolute atomic E-state index is 11.9. The Morgan fingerprint density at radius 1 is 1.00 bits per heavy atom. The highest BCUT2D eigenvalue weighted by molar-refractivity contribution is 5.76. The second-order valence-corrected chi connectivity index (χ2v) is 6.68. The highest BCUT2D eigenvalue weighted by atomic mass is 16.1. The quantitative estimate of drug-likeness (QED) is 0.531. The van der Waals surface area contributed by atoms with Crippen molar-refractivity contribution in [3.63, 3.8) is 0 Å². The monoisotopic (exact) mass is 296 g/mol. The van der Waals surface area contributed by atoms with Crippen LogP contribution >= 0.6 is 0 Å². The fourth-order valence-electron chi connectivity index (χ4n) is 3.38. The lowest BCUT2D eigenvalue weighted by atomic mass is 10.0. The molecule has 1 saturated carbocycles. The van der Waals surface area contributed by atoms with Gasteiger partial charge in [-0.05, 0) is 31.7 Å². The summed E-state index contributed by atoms with van der Waals surface area (Å²) >= 11 is 0. The van der Waals surface area contributed by atoms with Crippen molar-refractivity contribution in [2.45, 2.75) is 96.4 Å². The largest absolute Gasteiger partial charge is 0.353 e. The van der Waals surface area contributed by atoms with Crippen molar-refractivity contribution in [1.29, 1.82) is 0 Å². The summed E-state index contributed by atoms with van der Waals surface area (Å²) in [4.78, 5) is 11.9. The molecule has 1 rings (SSSR count). The number of hydrogen-bond donors (Lipinski definition) is 2. The van der Waals surface area contributed by atoms with Crippen LogP contribution in [-0.4, -0.2) is 18.5 Å². The van der Waals surface area contributed by atoms with E-state index in [9.17, 15) is 4.79 Å². The number of unbranched alkanes of at least 4 members (excludes halogenated alkanes) is 8. The number of nitrogens with two attached hydrogens (primary N) is 1. The second-order valence-electron chi connectivity index (χ2n) is 6.68. The van der Waals surface area contributed by atoms with Gasteiger partial charge in [0, 0.05) is 12.5 Å². The molecule has 124 valence electrons. The zero-order valence-corrected chi connectivity index (χ0v) is 14.0. The Hall–Kier alpha value is -0.570. The van der Waals surface area contributed by atoms with E-state index in [1.54, 1.807) is 0 Å². The fraction of sp³-hybridized carbons (Fsp3) is 0.944. The molecule has 1 amide bonds. The van der Waals surface area contributed by atoms with Crippen molar-refractivity contribution >= 4 is 5.91 Å². The van der Waals surface area contributed by atoms with Gasteiger partial charge >= 0.3 is 0 Å². The van der Waals surface area contributed by atoms with Crippen LogP contribution in [0.4, 0.5) is 0 Å². The minimum Gasteiger partial charge on any atom is -0.353 e. The van der Waals surface area contributed by atoms with Crippen molar-refractivity contribution in [2.75, 3.05) is 6.54 Å². The summed E-state index contributed by atoms with van der Waals surface area (Å²) in [6, 6.07) is 0.348. The lowest BCUT2D eigenvalue weighted by molar-refractivity contribution is -0.122. The van der Waals surface area contributed by atoms with E-state index in [4.69, 9.17) is 5.73 Å². The molecular formula is C18H36N2O. The van der Waals surface area contributed by atoms with Gasteiger partial charge in [-0.1, -0.05) is 64.7 Å². The molecule has 0 aromatic heterocycles. The molecular weight excluding hydrogens is 260 g/mol. The molecule has 0 heterocycles. The number of amides is 1. The zero-order valence-electron chi connectivity index (χ0n) is 14.0. The standard InChI is InChI=1S/C18H36N2O/c1-2-3-4-5-6-7-8-9-10-14-18(21)20-17-13-11-12-16(17)15-19/h16-17H,2-15,19H2,1H3,(H,20,21). The first kappa shape index (κ1) is 18.5. The van der Waals surface area contributed by atoms with Crippen LogP contribution in [0.5, 0.6) is 0 Å². The summed E-state index contributed by atoms with van der Waals surface area (Å²) in [5, 5.41) is 3.19. The van der Waals surface area contributed by atoms with Gasteiger partial charge in [-0.25, -0.2) is 0 Å². The molecule has 0 aliphatic heterocycles. The Balaban J connectivity index is 1.91. The summed E-state index contributed by atoms with van der Waals surface area (Å²) in [6.07, 6.45) is 15.9. The average Bonchev–Trinajstić information content (AvgIpc) is 2.92. The molecule has 2 atom stereocenters. The van der Waals surface area contributed by atoms with Gasteiger partial charge in [0.15, 0.2) is 0 Å². The van der Waals surface area contributed by atoms with Gasteiger partial charge in [0.25, 0.3) is 0 Å². The van der Waals surface area contributed by atoms with Crippen molar-refractivity contribution in [3.8, 4) is 0 Å². The summed E-state index contributed by atoms with van der Waals surface area (Å²) in [7, 11) is 0. The van der Waals surface area contributed by atoms with E-state index < -0.39 is 0 Å². The molecule has 0 radical (unpaired) electrons. The Morgan fingerprint density at radius 3 is 2.24 bits per heavy atom. The fourth-order valence-corrected chi connectivity index (χ4v) is 3.38. The number of carbonyl (C=O) groups excluding carboxylic acids is 1. The maximum Gasteiger partial charge on any atom is 0.220 e. The summed E-state index contributed by atoms with van der Waals surface area (Å²) < 4.78 is 0. The third-order valence-corrected chi connectivity index (χ3v) is 4.82. The molecule has 0 aromatic carbocycles. The van der Waals surface area contributed by atoms with E-state index in [1.165, 1.54) is 64.2 Å². The van der Waals surface area contributed by atoms with Gasteiger partial charge in [0.05, 0.1) is 0 Å². The molecule has 0 aromatic rings. The van der Waals surface area contributed by atoms with E-state index in [-0.39, 0.29) is 5.91 Å². The van der Waals surface area contributed by atoms with Crippen molar-refractivity contribution in [2.24, 2.45) is 11.7 Å². The Bertz CT molecular complexity index is 268. The highest BCUT2D eigenvalue weighted by Gasteiger charge is 2.26. The molecule has 1 aliphatic carbocycles. The minimum absolute atomic E-state index is 0.239. The van der Waals surface area contributed by atoms with Crippen LogP contribution in [0.15, 0.2) is 0 Å². The lowest BCUT2D eigenvalue weighted by Crippen LogP contribution is -2.39. The molecule has 0 bridgehead atoms. The van der Waals surface area contributed by atoms with Gasteiger partial charge in [-0.3, -0.25) is 4.79 Å². The lowest BCUT2D eigenvalue weighted by Gasteiger charge is -2.19. The van der Waals surface area contributed by atoms with Gasteiger partial charge in [-0.15, -0.1) is 0 Å². The maximum atomic E-state index is 11.9. The van der Waals surface area contributed by atoms with Crippen LogP contribution in [0, 0.1) is 5.92 Å².